The van der Waals surface area contributed by atoms with Crippen LogP contribution >= 0.6 is 0 Å². The molecule has 42 heavy (non-hydrogen) atoms. The van der Waals surface area contributed by atoms with E-state index in [9.17, 15) is 31.6 Å². The molecule has 0 unspecified atom stereocenters. The Balaban J connectivity index is 1.74. The monoisotopic (exact) mass is 571 g/mol. The van der Waals surface area contributed by atoms with Gasteiger partial charge in [0, 0.05) is 40.0 Å². The fourth-order valence-corrected chi connectivity index (χ4v) is 5.48. The summed E-state index contributed by atoms with van der Waals surface area (Å²) in [6.07, 6.45) is -6.80. The van der Waals surface area contributed by atoms with Crippen LogP contribution < -0.4 is 0 Å². The van der Waals surface area contributed by atoms with Crippen LogP contribution in [0.5, 0.6) is 0 Å². The lowest BCUT2D eigenvalue weighted by Gasteiger charge is -2.19. The molecule has 208 valence electrons. The summed E-state index contributed by atoms with van der Waals surface area (Å²) < 4.78 is 85.1. The van der Waals surface area contributed by atoms with Crippen molar-refractivity contribution in [1.29, 1.82) is 5.26 Å². The summed E-state index contributed by atoms with van der Waals surface area (Å²) in [5, 5.41) is 11.3. The number of hydrogen-bond acceptors (Lipinski definition) is 2. The van der Waals surface area contributed by atoms with Crippen molar-refractivity contribution >= 4 is 21.8 Å². The second kappa shape index (κ2) is 9.77. The van der Waals surface area contributed by atoms with Crippen molar-refractivity contribution in [3.05, 3.63) is 120 Å². The smallest absolute Gasteiger partial charge is 0.308 e. The number of nitrogens with zero attached hydrogens (tertiary/aromatic N) is 3. The highest BCUT2D eigenvalue weighted by Crippen LogP contribution is 2.45. The number of benzene rings is 4. The molecule has 3 nitrogen and oxygen atoms in total. The van der Waals surface area contributed by atoms with E-state index in [1.807, 2.05) is 28.8 Å². The van der Waals surface area contributed by atoms with Gasteiger partial charge in [-0.05, 0) is 66.1 Å². The van der Waals surface area contributed by atoms with E-state index in [0.29, 0.717) is 44.9 Å². The zero-order chi connectivity index (χ0) is 29.8. The molecule has 2 heterocycles. The third-order valence-electron chi connectivity index (χ3n) is 7.33. The van der Waals surface area contributed by atoms with Crippen LogP contribution in [0, 0.1) is 18.3 Å². The highest BCUT2D eigenvalue weighted by molar-refractivity contribution is 6.14. The van der Waals surface area contributed by atoms with E-state index in [1.54, 1.807) is 55.7 Å². The molecular formula is C33H19F6N3. The number of aromatic nitrogens is 2. The molecule has 0 amide bonds. The van der Waals surface area contributed by atoms with Crippen molar-refractivity contribution < 1.29 is 26.3 Å². The summed E-state index contributed by atoms with van der Waals surface area (Å²) in [6, 6.07) is 23.1. The first-order valence-electron chi connectivity index (χ1n) is 12.8. The first-order valence-corrected chi connectivity index (χ1v) is 12.8. The van der Waals surface area contributed by atoms with Gasteiger partial charge in [-0.25, -0.2) is 0 Å². The van der Waals surface area contributed by atoms with E-state index in [4.69, 9.17) is 0 Å². The van der Waals surface area contributed by atoms with E-state index < -0.39 is 23.5 Å². The predicted octanol–water partition coefficient (Wildman–Crippen LogP) is 9.73. The standard InChI is InChI=1S/C33H19F6N3/c1-19-15-21(18-40)27(20-11-13-41-14-12-20)17-30(19)42-29-8-3-2-5-24(29)26-7-4-6-25(31(26)42)23-10-9-22(32(34,35)36)16-28(23)33(37,38)39/h2-17H,1H3. The minimum atomic E-state index is -5.05. The molecule has 6 rings (SSSR count). The molecule has 0 saturated heterocycles. The van der Waals surface area contributed by atoms with Crippen LogP contribution in [0.25, 0.3) is 49.7 Å². The van der Waals surface area contributed by atoms with Gasteiger partial charge in [0.25, 0.3) is 0 Å². The van der Waals surface area contributed by atoms with E-state index >= 15 is 0 Å². The van der Waals surface area contributed by atoms with Gasteiger partial charge in [-0.3, -0.25) is 4.98 Å². The average molecular weight is 572 g/mol. The number of halogens is 6. The van der Waals surface area contributed by atoms with Crippen molar-refractivity contribution in [1.82, 2.24) is 9.55 Å². The number of alkyl halides is 6. The number of aryl methyl sites for hydroxylation is 1. The summed E-state index contributed by atoms with van der Waals surface area (Å²) in [6.45, 7) is 1.80. The lowest BCUT2D eigenvalue weighted by atomic mass is 9.94. The number of hydrogen-bond donors (Lipinski definition) is 0. The lowest BCUT2D eigenvalue weighted by Crippen LogP contribution is -2.12. The van der Waals surface area contributed by atoms with Crippen molar-refractivity contribution in [2.24, 2.45) is 0 Å². The van der Waals surface area contributed by atoms with Crippen LogP contribution in [0.2, 0.25) is 0 Å². The Morgan fingerprint density at radius 2 is 1.43 bits per heavy atom. The number of pyridine rings is 1. The maximum absolute atomic E-state index is 14.3. The number of nitriles is 1. The SMILES string of the molecule is Cc1cc(C#N)c(-c2ccncc2)cc1-n1c2ccccc2c2cccc(-c3ccc(C(F)(F)F)cc3C(F)(F)F)c21. The maximum atomic E-state index is 14.3. The minimum absolute atomic E-state index is 0.124. The van der Waals surface area contributed by atoms with E-state index in [0.717, 1.165) is 17.0 Å². The largest absolute Gasteiger partial charge is 0.417 e. The van der Waals surface area contributed by atoms with Crippen LogP contribution in [0.1, 0.15) is 22.3 Å². The molecule has 0 aliphatic rings. The van der Waals surface area contributed by atoms with E-state index in [2.05, 4.69) is 11.1 Å². The molecule has 0 aliphatic heterocycles. The van der Waals surface area contributed by atoms with Gasteiger partial charge in [0.15, 0.2) is 0 Å². The maximum Gasteiger partial charge on any atom is 0.417 e. The molecule has 0 fully saturated rings. The van der Waals surface area contributed by atoms with Gasteiger partial charge in [0.2, 0.25) is 0 Å². The van der Waals surface area contributed by atoms with Crippen molar-refractivity contribution in [2.45, 2.75) is 19.3 Å². The van der Waals surface area contributed by atoms with Gasteiger partial charge < -0.3 is 4.57 Å². The van der Waals surface area contributed by atoms with Crippen LogP contribution in [0.4, 0.5) is 26.3 Å². The van der Waals surface area contributed by atoms with E-state index in [-0.39, 0.29) is 17.2 Å². The van der Waals surface area contributed by atoms with Crippen LogP contribution in [0.15, 0.2) is 97.3 Å². The predicted molar refractivity (Wildman–Crippen MR) is 149 cm³/mol. The normalized spacial score (nSPS) is 12.1. The number of rotatable bonds is 3. The number of para-hydroxylation sites is 2. The third-order valence-corrected chi connectivity index (χ3v) is 7.33. The first-order chi connectivity index (χ1) is 20.0. The molecule has 0 spiro atoms. The van der Waals surface area contributed by atoms with Crippen molar-refractivity contribution in [3.63, 3.8) is 0 Å². The molecule has 6 aromatic rings. The van der Waals surface area contributed by atoms with Gasteiger partial charge in [0.1, 0.15) is 0 Å². The Bertz CT molecular complexity index is 2030. The molecule has 0 saturated carbocycles. The Labute approximate surface area is 235 Å². The number of fused-ring (bicyclic) bond motifs is 3. The molecule has 0 radical (unpaired) electrons. The summed E-state index contributed by atoms with van der Waals surface area (Å²) in [5.74, 6) is 0. The van der Waals surface area contributed by atoms with E-state index in [1.165, 1.54) is 6.07 Å². The highest BCUT2D eigenvalue weighted by Gasteiger charge is 2.39. The molecular weight excluding hydrogens is 552 g/mol. The van der Waals surface area contributed by atoms with Crippen LogP contribution in [-0.2, 0) is 12.4 Å². The van der Waals surface area contributed by atoms with Crippen molar-refractivity contribution in [3.8, 4) is 34.0 Å². The summed E-state index contributed by atoms with van der Waals surface area (Å²) in [7, 11) is 0. The topological polar surface area (TPSA) is 41.6 Å². The summed E-state index contributed by atoms with van der Waals surface area (Å²) in [4.78, 5) is 4.04. The molecule has 4 aromatic carbocycles. The van der Waals surface area contributed by atoms with Crippen molar-refractivity contribution in [2.75, 3.05) is 0 Å². The molecule has 0 N–H and O–H groups in total. The molecule has 0 aliphatic carbocycles. The van der Waals surface area contributed by atoms with Gasteiger partial charge >= 0.3 is 12.4 Å². The Morgan fingerprint density at radius 1 is 0.714 bits per heavy atom. The lowest BCUT2D eigenvalue weighted by molar-refractivity contribution is -0.142. The fourth-order valence-electron chi connectivity index (χ4n) is 5.48. The highest BCUT2D eigenvalue weighted by atomic mass is 19.4. The molecule has 0 bridgehead atoms. The second-order valence-corrected chi connectivity index (χ2v) is 9.84. The molecule has 0 atom stereocenters. The van der Waals surface area contributed by atoms with Crippen LogP contribution in [0.3, 0.4) is 0 Å². The fraction of sp³-hybridized carbons (Fsp3) is 0.0909. The van der Waals surface area contributed by atoms with Gasteiger partial charge in [-0.1, -0.05) is 42.5 Å². The second-order valence-electron chi connectivity index (χ2n) is 9.84. The van der Waals surface area contributed by atoms with Gasteiger partial charge in [0.05, 0.1) is 33.8 Å². The third kappa shape index (κ3) is 4.45. The van der Waals surface area contributed by atoms with Crippen LogP contribution in [-0.4, -0.2) is 9.55 Å². The zero-order valence-electron chi connectivity index (χ0n) is 21.8. The quantitative estimate of drug-likeness (QED) is 0.199. The molecule has 2 aromatic heterocycles. The summed E-state index contributed by atoms with van der Waals surface area (Å²) >= 11 is 0. The first kappa shape index (κ1) is 27.1. The zero-order valence-corrected chi connectivity index (χ0v) is 21.8. The summed E-state index contributed by atoms with van der Waals surface area (Å²) in [5.41, 5.74) is 1.12. The average Bonchev–Trinajstić information content (AvgIpc) is 3.30. The van der Waals surface area contributed by atoms with Gasteiger partial charge in [-0.2, -0.15) is 31.6 Å². The Kier molecular flexibility index (Phi) is 6.30. The van der Waals surface area contributed by atoms with Gasteiger partial charge in [-0.15, -0.1) is 0 Å². The Hall–Kier alpha value is -5.10. The molecule has 9 heteroatoms. The minimum Gasteiger partial charge on any atom is -0.308 e. The Morgan fingerprint density at radius 3 is 2.12 bits per heavy atom.